The van der Waals surface area contributed by atoms with E-state index in [1.807, 2.05) is 0 Å². The summed E-state index contributed by atoms with van der Waals surface area (Å²) in [5.74, 6) is 0.0101. The third kappa shape index (κ3) is 2.89. The Morgan fingerprint density at radius 1 is 1.37 bits per heavy atom. The Balaban J connectivity index is 2.18. The van der Waals surface area contributed by atoms with E-state index >= 15 is 0 Å². The molecule has 19 heavy (non-hydrogen) atoms. The summed E-state index contributed by atoms with van der Waals surface area (Å²) >= 11 is 0. The molecule has 0 fully saturated rings. The molecular formula is C14H15N3O2. The van der Waals surface area contributed by atoms with Gasteiger partial charge < -0.3 is 16.2 Å². The lowest BCUT2D eigenvalue weighted by atomic mass is 10.1. The van der Waals surface area contributed by atoms with E-state index in [4.69, 9.17) is 5.73 Å². The summed E-state index contributed by atoms with van der Waals surface area (Å²) in [6, 6.07) is 8.48. The van der Waals surface area contributed by atoms with E-state index in [0.717, 1.165) is 5.56 Å². The predicted octanol–water partition coefficient (Wildman–Crippen LogP) is 1.81. The van der Waals surface area contributed by atoms with Crippen LogP contribution in [0.4, 0.5) is 5.82 Å². The lowest BCUT2D eigenvalue weighted by molar-refractivity contribution is 0.102. The topological polar surface area (TPSA) is 88.2 Å². The monoisotopic (exact) mass is 257 g/mol. The number of anilines is 1. The summed E-state index contributed by atoms with van der Waals surface area (Å²) in [5, 5.41) is 12.5. The summed E-state index contributed by atoms with van der Waals surface area (Å²) in [6.45, 7) is 2.14. The highest BCUT2D eigenvalue weighted by Gasteiger charge is 2.12. The number of hydrogen-bond acceptors (Lipinski definition) is 4. The van der Waals surface area contributed by atoms with Crippen LogP contribution in [-0.2, 0) is 6.54 Å². The van der Waals surface area contributed by atoms with Crippen molar-refractivity contribution in [2.45, 2.75) is 13.5 Å². The van der Waals surface area contributed by atoms with Gasteiger partial charge in [0.05, 0.1) is 5.56 Å². The molecular weight excluding hydrogens is 242 g/mol. The van der Waals surface area contributed by atoms with Crippen LogP contribution in [0.25, 0.3) is 0 Å². The second-order valence-electron chi connectivity index (χ2n) is 4.18. The van der Waals surface area contributed by atoms with Gasteiger partial charge in [0.1, 0.15) is 11.6 Å². The first-order valence-corrected chi connectivity index (χ1v) is 5.86. The van der Waals surface area contributed by atoms with E-state index in [1.54, 1.807) is 43.5 Å². The zero-order chi connectivity index (χ0) is 13.8. The van der Waals surface area contributed by atoms with Gasteiger partial charge in [-0.3, -0.25) is 4.79 Å². The zero-order valence-corrected chi connectivity index (χ0v) is 10.6. The Bertz CT molecular complexity index is 594. The Hall–Kier alpha value is -2.40. The van der Waals surface area contributed by atoms with Crippen molar-refractivity contribution in [3.8, 4) is 5.75 Å². The second-order valence-corrected chi connectivity index (χ2v) is 4.18. The number of aromatic hydroxyl groups is 1. The fourth-order valence-electron chi connectivity index (χ4n) is 1.65. The smallest absolute Gasteiger partial charge is 0.260 e. The Morgan fingerprint density at radius 3 is 2.79 bits per heavy atom. The highest BCUT2D eigenvalue weighted by Crippen LogP contribution is 2.22. The van der Waals surface area contributed by atoms with Crippen molar-refractivity contribution in [3.05, 3.63) is 53.2 Å². The second kappa shape index (κ2) is 5.49. The molecule has 1 heterocycles. The van der Waals surface area contributed by atoms with Gasteiger partial charge in [0, 0.05) is 12.7 Å². The molecule has 5 nitrogen and oxygen atoms in total. The van der Waals surface area contributed by atoms with Gasteiger partial charge in [0.2, 0.25) is 0 Å². The third-order valence-corrected chi connectivity index (χ3v) is 2.78. The number of aryl methyl sites for hydroxylation is 1. The van der Waals surface area contributed by atoms with Crippen LogP contribution in [0.15, 0.2) is 36.5 Å². The maximum absolute atomic E-state index is 12.0. The first kappa shape index (κ1) is 13.0. The molecule has 98 valence electrons. The van der Waals surface area contributed by atoms with Gasteiger partial charge in [0.25, 0.3) is 5.91 Å². The Kier molecular flexibility index (Phi) is 3.77. The number of carbonyl (C=O) groups is 1. The van der Waals surface area contributed by atoms with Crippen LogP contribution in [0, 0.1) is 6.92 Å². The number of amides is 1. The van der Waals surface area contributed by atoms with Crippen molar-refractivity contribution in [2.75, 3.05) is 5.32 Å². The number of nitrogens with two attached hydrogens (primary N) is 1. The molecule has 5 heteroatoms. The predicted molar refractivity (Wildman–Crippen MR) is 72.9 cm³/mol. The molecule has 0 spiro atoms. The fraction of sp³-hybridized carbons (Fsp3) is 0.143. The number of pyridine rings is 1. The number of nitrogens with one attached hydrogen (secondary N) is 1. The van der Waals surface area contributed by atoms with Crippen molar-refractivity contribution < 1.29 is 9.90 Å². The van der Waals surface area contributed by atoms with Gasteiger partial charge >= 0.3 is 0 Å². The molecule has 0 unspecified atom stereocenters. The van der Waals surface area contributed by atoms with E-state index in [0.29, 0.717) is 17.9 Å². The molecule has 0 radical (unpaired) electrons. The van der Waals surface area contributed by atoms with Gasteiger partial charge in [-0.05, 0) is 30.2 Å². The van der Waals surface area contributed by atoms with Crippen molar-refractivity contribution in [2.24, 2.45) is 5.73 Å². The summed E-state index contributed by atoms with van der Waals surface area (Å²) in [5.41, 5.74) is 7.23. The van der Waals surface area contributed by atoms with Crippen molar-refractivity contribution in [3.63, 3.8) is 0 Å². The first-order chi connectivity index (χ1) is 9.11. The molecule has 4 N–H and O–H groups in total. The van der Waals surface area contributed by atoms with E-state index in [-0.39, 0.29) is 11.3 Å². The summed E-state index contributed by atoms with van der Waals surface area (Å²) < 4.78 is 0. The lowest BCUT2D eigenvalue weighted by Crippen LogP contribution is -2.13. The van der Waals surface area contributed by atoms with Crippen LogP contribution in [-0.4, -0.2) is 16.0 Å². The molecule has 0 bridgehead atoms. The minimum absolute atomic E-state index is 0.0152. The number of phenols is 1. The molecule has 0 saturated carbocycles. The number of benzene rings is 1. The molecule has 0 aliphatic rings. The molecule has 0 aliphatic heterocycles. The standard InChI is InChI=1S/C14H15N3O2/c1-9-3-2-4-11(13(9)18)14(19)17-12-6-5-10(7-15)8-16-12/h2-6,8,18H,7,15H2,1H3,(H,16,17,19). The Morgan fingerprint density at radius 2 is 2.16 bits per heavy atom. The molecule has 1 aromatic carbocycles. The molecule has 0 saturated heterocycles. The Labute approximate surface area is 111 Å². The average molecular weight is 257 g/mol. The van der Waals surface area contributed by atoms with Crippen LogP contribution in [0.1, 0.15) is 21.5 Å². The number of carbonyl (C=O) groups excluding carboxylic acids is 1. The number of para-hydroxylation sites is 1. The van der Waals surface area contributed by atoms with Gasteiger partial charge in [0.15, 0.2) is 0 Å². The van der Waals surface area contributed by atoms with Crippen LogP contribution >= 0.6 is 0 Å². The van der Waals surface area contributed by atoms with E-state index in [2.05, 4.69) is 10.3 Å². The van der Waals surface area contributed by atoms with Crippen LogP contribution in [0.5, 0.6) is 5.75 Å². The van der Waals surface area contributed by atoms with Crippen LogP contribution in [0.2, 0.25) is 0 Å². The fourth-order valence-corrected chi connectivity index (χ4v) is 1.65. The molecule has 2 aromatic rings. The highest BCUT2D eigenvalue weighted by molar-refractivity contribution is 6.05. The van der Waals surface area contributed by atoms with Gasteiger partial charge in [-0.15, -0.1) is 0 Å². The molecule has 0 aliphatic carbocycles. The number of aromatic nitrogens is 1. The van der Waals surface area contributed by atoms with Crippen molar-refractivity contribution >= 4 is 11.7 Å². The summed E-state index contributed by atoms with van der Waals surface area (Å²) in [7, 11) is 0. The minimum atomic E-state index is -0.394. The minimum Gasteiger partial charge on any atom is -0.507 e. The zero-order valence-electron chi connectivity index (χ0n) is 10.6. The van der Waals surface area contributed by atoms with Gasteiger partial charge in [-0.25, -0.2) is 4.98 Å². The van der Waals surface area contributed by atoms with E-state index in [9.17, 15) is 9.90 Å². The lowest BCUT2D eigenvalue weighted by Gasteiger charge is -2.08. The molecule has 0 atom stereocenters. The van der Waals surface area contributed by atoms with Gasteiger partial charge in [-0.2, -0.15) is 0 Å². The number of nitrogens with zero attached hydrogens (tertiary/aromatic N) is 1. The largest absolute Gasteiger partial charge is 0.507 e. The van der Waals surface area contributed by atoms with Gasteiger partial charge in [-0.1, -0.05) is 18.2 Å². The maximum Gasteiger partial charge on any atom is 0.260 e. The SMILES string of the molecule is Cc1cccc(C(=O)Nc2ccc(CN)cn2)c1O. The number of phenolic OH excluding ortho intramolecular Hbond substituents is 1. The highest BCUT2D eigenvalue weighted by atomic mass is 16.3. The van der Waals surface area contributed by atoms with E-state index < -0.39 is 5.91 Å². The normalized spacial score (nSPS) is 10.2. The van der Waals surface area contributed by atoms with Crippen molar-refractivity contribution in [1.82, 2.24) is 4.98 Å². The first-order valence-electron chi connectivity index (χ1n) is 5.86. The molecule has 1 amide bonds. The van der Waals surface area contributed by atoms with Crippen molar-refractivity contribution in [1.29, 1.82) is 0 Å². The maximum atomic E-state index is 12.0. The quantitative estimate of drug-likeness (QED) is 0.782. The summed E-state index contributed by atoms with van der Waals surface area (Å²) in [4.78, 5) is 16.1. The molecule has 2 rings (SSSR count). The molecule has 1 aromatic heterocycles. The van der Waals surface area contributed by atoms with Crippen LogP contribution < -0.4 is 11.1 Å². The number of hydrogen-bond donors (Lipinski definition) is 3. The summed E-state index contributed by atoms with van der Waals surface area (Å²) in [6.07, 6.45) is 1.60. The average Bonchev–Trinajstić information content (AvgIpc) is 2.42. The van der Waals surface area contributed by atoms with E-state index in [1.165, 1.54) is 0 Å². The van der Waals surface area contributed by atoms with Crippen LogP contribution in [0.3, 0.4) is 0 Å². The number of rotatable bonds is 3. The third-order valence-electron chi connectivity index (χ3n) is 2.78.